The molecule has 0 bridgehead atoms. The van der Waals surface area contributed by atoms with Gasteiger partial charge in [0.2, 0.25) is 0 Å². The van der Waals surface area contributed by atoms with Crippen LogP contribution in [0.15, 0.2) is 18.2 Å². The Hall–Kier alpha value is -1.09. The molecule has 96 valence electrons. The molecule has 0 spiro atoms. The van der Waals surface area contributed by atoms with Gasteiger partial charge in [-0.25, -0.2) is 4.39 Å². The van der Waals surface area contributed by atoms with Crippen molar-refractivity contribution in [2.24, 2.45) is 0 Å². The van der Waals surface area contributed by atoms with Crippen LogP contribution in [0.5, 0.6) is 5.75 Å². The third-order valence-corrected chi connectivity index (χ3v) is 2.53. The van der Waals surface area contributed by atoms with Crippen molar-refractivity contribution < 1.29 is 9.13 Å². The number of halogens is 1. The highest BCUT2D eigenvalue weighted by Crippen LogP contribution is 2.18. The second-order valence-electron chi connectivity index (χ2n) is 4.57. The average molecular weight is 239 g/mol. The van der Waals surface area contributed by atoms with Gasteiger partial charge in [-0.3, -0.25) is 0 Å². The molecule has 0 aliphatic heterocycles. The Morgan fingerprint density at radius 2 is 2.06 bits per heavy atom. The Kier molecular flexibility index (Phi) is 5.98. The van der Waals surface area contributed by atoms with Crippen molar-refractivity contribution in [3.05, 3.63) is 29.6 Å². The minimum atomic E-state index is -0.243. The van der Waals surface area contributed by atoms with E-state index in [1.165, 1.54) is 12.1 Å². The molecule has 0 radical (unpaired) electrons. The lowest BCUT2D eigenvalue weighted by atomic mass is 10.2. The van der Waals surface area contributed by atoms with Gasteiger partial charge in [0.25, 0.3) is 0 Å². The summed E-state index contributed by atoms with van der Waals surface area (Å²) in [5, 5.41) is 3.35. The van der Waals surface area contributed by atoms with Crippen molar-refractivity contribution in [2.75, 3.05) is 13.2 Å². The number of rotatable bonds is 7. The van der Waals surface area contributed by atoms with E-state index in [1.54, 1.807) is 6.07 Å². The van der Waals surface area contributed by atoms with Crippen LogP contribution in [0.4, 0.5) is 4.39 Å². The molecule has 1 N–H and O–H groups in total. The summed E-state index contributed by atoms with van der Waals surface area (Å²) in [4.78, 5) is 0. The van der Waals surface area contributed by atoms with E-state index in [2.05, 4.69) is 19.2 Å². The molecule has 0 saturated heterocycles. The summed E-state index contributed by atoms with van der Waals surface area (Å²) in [7, 11) is 0. The number of nitrogens with one attached hydrogen (secondary N) is 1. The summed E-state index contributed by atoms with van der Waals surface area (Å²) < 4.78 is 18.5. The second kappa shape index (κ2) is 7.28. The maximum atomic E-state index is 13.0. The van der Waals surface area contributed by atoms with Crippen molar-refractivity contribution in [3.63, 3.8) is 0 Å². The number of hydrogen-bond acceptors (Lipinski definition) is 2. The van der Waals surface area contributed by atoms with Gasteiger partial charge >= 0.3 is 0 Å². The molecule has 2 nitrogen and oxygen atoms in total. The van der Waals surface area contributed by atoms with E-state index >= 15 is 0 Å². The Morgan fingerprint density at radius 1 is 1.29 bits per heavy atom. The van der Waals surface area contributed by atoms with Crippen molar-refractivity contribution >= 4 is 0 Å². The standard InChI is InChI=1S/C14H22FNO/c1-11(2)16-8-4-5-9-17-14-10-13(15)7-6-12(14)3/h6-7,10-11,16H,4-5,8-9H2,1-3H3. The lowest BCUT2D eigenvalue weighted by Crippen LogP contribution is -2.23. The van der Waals surface area contributed by atoms with E-state index in [-0.39, 0.29) is 5.82 Å². The Balaban J connectivity index is 2.20. The molecule has 3 heteroatoms. The lowest BCUT2D eigenvalue weighted by molar-refractivity contribution is 0.301. The van der Waals surface area contributed by atoms with Crippen LogP contribution in [-0.2, 0) is 0 Å². The molecular formula is C14H22FNO. The Morgan fingerprint density at radius 3 is 2.76 bits per heavy atom. The summed E-state index contributed by atoms with van der Waals surface area (Å²) in [6.45, 7) is 7.83. The van der Waals surface area contributed by atoms with Crippen molar-refractivity contribution in [1.82, 2.24) is 5.32 Å². The smallest absolute Gasteiger partial charge is 0.126 e. The molecule has 1 aromatic rings. The predicted octanol–water partition coefficient (Wildman–Crippen LogP) is 3.29. The molecule has 0 saturated carbocycles. The summed E-state index contributed by atoms with van der Waals surface area (Å²) in [5.41, 5.74) is 0.978. The van der Waals surface area contributed by atoms with E-state index in [0.717, 1.165) is 24.9 Å². The normalized spacial score (nSPS) is 10.9. The van der Waals surface area contributed by atoms with Crippen molar-refractivity contribution in [3.8, 4) is 5.75 Å². The summed E-state index contributed by atoms with van der Waals surface area (Å²) in [6, 6.07) is 5.17. The Bertz CT molecular complexity index is 339. The lowest BCUT2D eigenvalue weighted by Gasteiger charge is -2.10. The first-order valence-electron chi connectivity index (χ1n) is 6.22. The fourth-order valence-electron chi connectivity index (χ4n) is 1.53. The molecule has 0 aliphatic rings. The van der Waals surface area contributed by atoms with E-state index in [0.29, 0.717) is 18.4 Å². The third-order valence-electron chi connectivity index (χ3n) is 2.53. The van der Waals surface area contributed by atoms with Crippen LogP contribution >= 0.6 is 0 Å². The van der Waals surface area contributed by atoms with Gasteiger partial charge in [-0.1, -0.05) is 19.9 Å². The first kappa shape index (κ1) is 14.0. The molecule has 0 aromatic heterocycles. The van der Waals surface area contributed by atoms with E-state index < -0.39 is 0 Å². The molecular weight excluding hydrogens is 217 g/mol. The average Bonchev–Trinajstić information content (AvgIpc) is 2.27. The van der Waals surface area contributed by atoms with Gasteiger partial charge < -0.3 is 10.1 Å². The SMILES string of the molecule is Cc1ccc(F)cc1OCCCCNC(C)C. The second-order valence-corrected chi connectivity index (χ2v) is 4.57. The largest absolute Gasteiger partial charge is 0.493 e. The number of unbranched alkanes of at least 4 members (excludes halogenated alkanes) is 1. The van der Waals surface area contributed by atoms with E-state index in [1.807, 2.05) is 6.92 Å². The molecule has 1 aromatic carbocycles. The zero-order chi connectivity index (χ0) is 12.7. The maximum Gasteiger partial charge on any atom is 0.126 e. The zero-order valence-electron chi connectivity index (χ0n) is 10.9. The summed E-state index contributed by atoms with van der Waals surface area (Å²) in [5.74, 6) is 0.411. The van der Waals surface area contributed by atoms with Crippen LogP contribution < -0.4 is 10.1 Å². The van der Waals surface area contributed by atoms with E-state index in [4.69, 9.17) is 4.74 Å². The van der Waals surface area contributed by atoms with Gasteiger partial charge in [0.1, 0.15) is 11.6 Å². The van der Waals surface area contributed by atoms with Gasteiger partial charge in [0, 0.05) is 12.1 Å². The molecule has 1 rings (SSSR count). The van der Waals surface area contributed by atoms with Crippen LogP contribution in [0.1, 0.15) is 32.3 Å². The molecule has 17 heavy (non-hydrogen) atoms. The zero-order valence-corrected chi connectivity index (χ0v) is 10.9. The van der Waals surface area contributed by atoms with Gasteiger partial charge in [-0.15, -0.1) is 0 Å². The highest BCUT2D eigenvalue weighted by Gasteiger charge is 2.01. The topological polar surface area (TPSA) is 21.3 Å². The van der Waals surface area contributed by atoms with Gasteiger partial charge in [-0.2, -0.15) is 0 Å². The molecule has 0 atom stereocenters. The van der Waals surface area contributed by atoms with Crippen molar-refractivity contribution in [1.29, 1.82) is 0 Å². The van der Waals surface area contributed by atoms with Crippen LogP contribution in [0, 0.1) is 12.7 Å². The number of hydrogen-bond donors (Lipinski definition) is 1. The number of aryl methyl sites for hydroxylation is 1. The van der Waals surface area contributed by atoms with Crippen LogP contribution in [0.2, 0.25) is 0 Å². The minimum absolute atomic E-state index is 0.243. The fourth-order valence-corrected chi connectivity index (χ4v) is 1.53. The molecule has 0 unspecified atom stereocenters. The monoisotopic (exact) mass is 239 g/mol. The van der Waals surface area contributed by atoms with Crippen molar-refractivity contribution in [2.45, 2.75) is 39.7 Å². The maximum absolute atomic E-state index is 13.0. The highest BCUT2D eigenvalue weighted by molar-refractivity contribution is 5.32. The number of ether oxygens (including phenoxy) is 1. The third kappa shape index (κ3) is 5.68. The molecule has 0 heterocycles. The predicted molar refractivity (Wildman–Crippen MR) is 69.0 cm³/mol. The highest BCUT2D eigenvalue weighted by atomic mass is 19.1. The first-order valence-corrected chi connectivity index (χ1v) is 6.22. The van der Waals surface area contributed by atoms with Crippen LogP contribution in [0.3, 0.4) is 0 Å². The Labute approximate surface area is 103 Å². The van der Waals surface area contributed by atoms with Gasteiger partial charge in [0.15, 0.2) is 0 Å². The fraction of sp³-hybridized carbons (Fsp3) is 0.571. The summed E-state index contributed by atoms with van der Waals surface area (Å²) in [6.07, 6.45) is 2.06. The van der Waals surface area contributed by atoms with Crippen LogP contribution in [0.25, 0.3) is 0 Å². The number of benzene rings is 1. The molecule has 0 fully saturated rings. The minimum Gasteiger partial charge on any atom is -0.493 e. The van der Waals surface area contributed by atoms with E-state index in [9.17, 15) is 4.39 Å². The quantitative estimate of drug-likeness (QED) is 0.737. The summed E-state index contributed by atoms with van der Waals surface area (Å²) >= 11 is 0. The van der Waals surface area contributed by atoms with Crippen LogP contribution in [-0.4, -0.2) is 19.2 Å². The molecule has 0 aliphatic carbocycles. The first-order chi connectivity index (χ1) is 8.09. The van der Waals surface area contributed by atoms with Gasteiger partial charge in [-0.05, 0) is 37.9 Å². The molecule has 0 amide bonds. The van der Waals surface area contributed by atoms with Gasteiger partial charge in [0.05, 0.1) is 6.61 Å².